The first-order chi connectivity index (χ1) is 16.9. The first kappa shape index (κ1) is 23.7. The molecule has 8 heteroatoms. The minimum atomic E-state index is -3.69. The molecule has 7 nitrogen and oxygen atoms in total. The van der Waals surface area contributed by atoms with Gasteiger partial charge >= 0.3 is 0 Å². The Morgan fingerprint density at radius 2 is 1.46 bits per heavy atom. The van der Waals surface area contributed by atoms with Gasteiger partial charge in [0.1, 0.15) is 11.5 Å². The van der Waals surface area contributed by atoms with E-state index in [4.69, 9.17) is 4.74 Å². The van der Waals surface area contributed by atoms with Crippen LogP contribution in [0.4, 0.5) is 5.69 Å². The first-order valence-corrected chi connectivity index (χ1v) is 12.2. The number of sulfonamides is 1. The number of nitrogens with zero attached hydrogens (tertiary/aromatic N) is 2. The highest BCUT2D eigenvalue weighted by atomic mass is 32.2. The second-order valence-electron chi connectivity index (χ2n) is 7.52. The third kappa shape index (κ3) is 5.93. The Bertz CT molecular complexity index is 1420. The van der Waals surface area contributed by atoms with Gasteiger partial charge in [-0.1, -0.05) is 48.5 Å². The third-order valence-electron chi connectivity index (χ3n) is 5.11. The van der Waals surface area contributed by atoms with E-state index in [0.29, 0.717) is 17.0 Å². The van der Waals surface area contributed by atoms with E-state index in [-0.39, 0.29) is 4.90 Å². The molecule has 1 amide bonds. The lowest BCUT2D eigenvalue weighted by Crippen LogP contribution is -2.26. The largest absolute Gasteiger partial charge is 0.457 e. The molecule has 0 aliphatic heterocycles. The summed E-state index contributed by atoms with van der Waals surface area (Å²) in [5.41, 5.74) is 4.01. The van der Waals surface area contributed by atoms with E-state index in [1.165, 1.54) is 29.7 Å². The molecule has 0 fully saturated rings. The van der Waals surface area contributed by atoms with Crippen molar-refractivity contribution in [1.29, 1.82) is 0 Å². The molecule has 0 aliphatic rings. The molecular formula is C27H23N3O4S. The van der Waals surface area contributed by atoms with Crippen molar-refractivity contribution in [2.75, 3.05) is 11.4 Å². The van der Waals surface area contributed by atoms with Crippen LogP contribution >= 0.6 is 0 Å². The smallest absolute Gasteiger partial charge is 0.271 e. The second-order valence-corrected chi connectivity index (χ2v) is 9.49. The second kappa shape index (κ2) is 10.7. The standard InChI is InChI=1S/C27H23N3O4S/c1-30(35(32,33)26-13-6-3-7-14-26)23-17-15-22(16-18-23)27(31)29-28-20-21-9-8-12-25(19-21)34-24-10-4-2-5-11-24/h2-20H,1H3,(H,29,31)/b28-20-. The normalized spacial score (nSPS) is 11.2. The summed E-state index contributed by atoms with van der Waals surface area (Å²) in [7, 11) is -2.22. The summed E-state index contributed by atoms with van der Waals surface area (Å²) in [5, 5.41) is 4.02. The summed E-state index contributed by atoms with van der Waals surface area (Å²) in [5.74, 6) is 0.954. The lowest BCUT2D eigenvalue weighted by atomic mass is 10.2. The summed E-state index contributed by atoms with van der Waals surface area (Å²) in [6, 6.07) is 31.1. The van der Waals surface area contributed by atoms with Crippen molar-refractivity contribution in [2.24, 2.45) is 5.10 Å². The van der Waals surface area contributed by atoms with Crippen LogP contribution in [0.15, 0.2) is 119 Å². The summed E-state index contributed by atoms with van der Waals surface area (Å²) >= 11 is 0. The number of anilines is 1. The van der Waals surface area contributed by atoms with E-state index in [2.05, 4.69) is 10.5 Å². The van der Waals surface area contributed by atoms with Gasteiger partial charge in [-0.25, -0.2) is 13.8 Å². The van der Waals surface area contributed by atoms with Crippen molar-refractivity contribution in [3.8, 4) is 11.5 Å². The molecule has 0 radical (unpaired) electrons. The number of carbonyl (C=O) groups excluding carboxylic acids is 1. The molecule has 0 spiro atoms. The zero-order chi connectivity index (χ0) is 24.7. The number of para-hydroxylation sites is 1. The van der Waals surface area contributed by atoms with Crippen LogP contribution in [0.1, 0.15) is 15.9 Å². The summed E-state index contributed by atoms with van der Waals surface area (Å²) in [4.78, 5) is 12.7. The molecule has 4 aromatic carbocycles. The van der Waals surface area contributed by atoms with Crippen LogP contribution in [-0.4, -0.2) is 27.6 Å². The molecule has 0 bridgehead atoms. The Labute approximate surface area is 204 Å². The SMILES string of the molecule is CN(c1ccc(C(=O)N/N=C\c2cccc(Oc3ccccc3)c2)cc1)S(=O)(=O)c1ccccc1. The summed E-state index contributed by atoms with van der Waals surface area (Å²) in [6.07, 6.45) is 1.52. The van der Waals surface area contributed by atoms with E-state index in [9.17, 15) is 13.2 Å². The molecule has 4 rings (SSSR count). The van der Waals surface area contributed by atoms with E-state index in [0.717, 1.165) is 11.3 Å². The molecular weight excluding hydrogens is 462 g/mol. The molecule has 0 saturated heterocycles. The predicted molar refractivity (Wildman–Crippen MR) is 136 cm³/mol. The van der Waals surface area contributed by atoms with Gasteiger partial charge in [0.2, 0.25) is 0 Å². The van der Waals surface area contributed by atoms with E-state index in [1.54, 1.807) is 48.5 Å². The van der Waals surface area contributed by atoms with Gasteiger partial charge in [-0.15, -0.1) is 0 Å². The van der Waals surface area contributed by atoms with Gasteiger partial charge < -0.3 is 4.74 Å². The van der Waals surface area contributed by atoms with Gasteiger partial charge in [0.15, 0.2) is 0 Å². The molecule has 1 N–H and O–H groups in total. The maximum atomic E-state index is 12.8. The number of nitrogens with one attached hydrogen (secondary N) is 1. The van der Waals surface area contributed by atoms with Gasteiger partial charge in [-0.3, -0.25) is 9.10 Å². The molecule has 0 aromatic heterocycles. The van der Waals surface area contributed by atoms with Crippen LogP contribution in [0.3, 0.4) is 0 Å². The number of ether oxygens (including phenoxy) is 1. The molecule has 0 aliphatic carbocycles. The Balaban J connectivity index is 1.38. The number of rotatable bonds is 8. The Hall–Kier alpha value is -4.43. The molecule has 176 valence electrons. The van der Waals surface area contributed by atoms with E-state index < -0.39 is 15.9 Å². The number of hydrogen-bond donors (Lipinski definition) is 1. The molecule has 4 aromatic rings. The van der Waals surface area contributed by atoms with Crippen molar-refractivity contribution in [3.63, 3.8) is 0 Å². The van der Waals surface area contributed by atoms with Gasteiger partial charge in [0.25, 0.3) is 15.9 Å². The monoisotopic (exact) mass is 485 g/mol. The van der Waals surface area contributed by atoms with E-state index >= 15 is 0 Å². The number of hydrazone groups is 1. The van der Waals surface area contributed by atoms with Crippen LogP contribution in [0, 0.1) is 0 Å². The Morgan fingerprint density at radius 1 is 0.829 bits per heavy atom. The van der Waals surface area contributed by atoms with Crippen molar-refractivity contribution in [1.82, 2.24) is 5.43 Å². The highest BCUT2D eigenvalue weighted by Crippen LogP contribution is 2.23. The van der Waals surface area contributed by atoms with Crippen molar-refractivity contribution < 1.29 is 17.9 Å². The van der Waals surface area contributed by atoms with Gasteiger partial charge in [-0.05, 0) is 66.2 Å². The van der Waals surface area contributed by atoms with Crippen LogP contribution in [0.2, 0.25) is 0 Å². The van der Waals surface area contributed by atoms with Crippen molar-refractivity contribution in [3.05, 3.63) is 120 Å². The maximum Gasteiger partial charge on any atom is 0.271 e. The first-order valence-electron chi connectivity index (χ1n) is 10.7. The fraction of sp³-hybridized carbons (Fsp3) is 0.0370. The van der Waals surface area contributed by atoms with Crippen LogP contribution < -0.4 is 14.5 Å². The predicted octanol–water partition coefficient (Wildman–Crippen LogP) is 5.07. The van der Waals surface area contributed by atoms with Gasteiger partial charge in [0, 0.05) is 12.6 Å². The quantitative estimate of drug-likeness (QED) is 0.279. The molecule has 0 heterocycles. The van der Waals surface area contributed by atoms with Crippen molar-refractivity contribution in [2.45, 2.75) is 4.90 Å². The summed E-state index contributed by atoms with van der Waals surface area (Å²) < 4.78 is 32.5. The number of carbonyl (C=O) groups is 1. The lowest BCUT2D eigenvalue weighted by Gasteiger charge is -2.19. The third-order valence-corrected chi connectivity index (χ3v) is 6.91. The Morgan fingerprint density at radius 3 is 2.14 bits per heavy atom. The molecule has 0 saturated carbocycles. The topological polar surface area (TPSA) is 88.1 Å². The van der Waals surface area contributed by atoms with Crippen molar-refractivity contribution >= 4 is 27.8 Å². The minimum absolute atomic E-state index is 0.192. The van der Waals surface area contributed by atoms with Crippen LogP contribution in [-0.2, 0) is 10.0 Å². The van der Waals surface area contributed by atoms with Gasteiger partial charge in [-0.2, -0.15) is 5.10 Å². The Kier molecular flexibility index (Phi) is 7.23. The number of hydrogen-bond acceptors (Lipinski definition) is 5. The zero-order valence-corrected chi connectivity index (χ0v) is 19.7. The average Bonchev–Trinajstić information content (AvgIpc) is 2.89. The van der Waals surface area contributed by atoms with Crippen LogP contribution in [0.5, 0.6) is 11.5 Å². The van der Waals surface area contributed by atoms with E-state index in [1.807, 2.05) is 48.5 Å². The summed E-state index contributed by atoms with van der Waals surface area (Å²) in [6.45, 7) is 0. The lowest BCUT2D eigenvalue weighted by molar-refractivity contribution is 0.0955. The van der Waals surface area contributed by atoms with Gasteiger partial charge in [0.05, 0.1) is 16.8 Å². The zero-order valence-electron chi connectivity index (χ0n) is 18.9. The fourth-order valence-electron chi connectivity index (χ4n) is 3.23. The average molecular weight is 486 g/mol. The maximum absolute atomic E-state index is 12.8. The fourth-order valence-corrected chi connectivity index (χ4v) is 4.44. The highest BCUT2D eigenvalue weighted by Gasteiger charge is 2.21. The highest BCUT2D eigenvalue weighted by molar-refractivity contribution is 7.92. The van der Waals surface area contributed by atoms with Crippen LogP contribution in [0.25, 0.3) is 0 Å². The number of amides is 1. The number of benzene rings is 4. The molecule has 0 unspecified atom stereocenters. The molecule has 0 atom stereocenters. The minimum Gasteiger partial charge on any atom is -0.457 e. The molecule has 35 heavy (non-hydrogen) atoms.